The summed E-state index contributed by atoms with van der Waals surface area (Å²) in [6.07, 6.45) is -0.115. The van der Waals surface area contributed by atoms with Gasteiger partial charge in [-0.25, -0.2) is 13.4 Å². The molecule has 0 atom stereocenters. The van der Waals surface area contributed by atoms with Crippen LogP contribution in [-0.4, -0.2) is 64.3 Å². The highest BCUT2D eigenvalue weighted by molar-refractivity contribution is 7.91. The summed E-state index contributed by atoms with van der Waals surface area (Å²) in [5.74, 6) is 0.0640. The van der Waals surface area contributed by atoms with E-state index in [1.54, 1.807) is 17.0 Å². The number of aryl methyl sites for hydroxylation is 2. The molecule has 0 N–H and O–H groups in total. The van der Waals surface area contributed by atoms with Crippen LogP contribution in [0.15, 0.2) is 41.3 Å². The fraction of sp³-hybridized carbons (Fsp3) is 0.391. The van der Waals surface area contributed by atoms with Gasteiger partial charge in [-0.1, -0.05) is 23.5 Å². The molecule has 7 nitrogen and oxygen atoms in total. The van der Waals surface area contributed by atoms with Crippen molar-refractivity contribution in [2.24, 2.45) is 0 Å². The average molecular weight is 512 g/mol. The van der Waals surface area contributed by atoms with Crippen LogP contribution >= 0.6 is 23.7 Å². The number of halogens is 1. The van der Waals surface area contributed by atoms with E-state index in [-0.39, 0.29) is 35.4 Å². The number of carbonyl (C=O) groups excluding carboxylic acids is 1. The van der Waals surface area contributed by atoms with E-state index in [1.165, 1.54) is 30.6 Å². The van der Waals surface area contributed by atoms with E-state index >= 15 is 0 Å². The zero-order valence-corrected chi connectivity index (χ0v) is 21.9. The van der Waals surface area contributed by atoms with Crippen LogP contribution in [0.25, 0.3) is 10.2 Å². The van der Waals surface area contributed by atoms with Crippen LogP contribution in [0.5, 0.6) is 5.75 Å². The predicted molar refractivity (Wildman–Crippen MR) is 137 cm³/mol. The van der Waals surface area contributed by atoms with Crippen LogP contribution in [0.1, 0.15) is 17.5 Å². The Morgan fingerprint density at radius 2 is 1.67 bits per heavy atom. The first kappa shape index (κ1) is 27.0. The van der Waals surface area contributed by atoms with E-state index in [0.29, 0.717) is 24.0 Å². The van der Waals surface area contributed by atoms with Gasteiger partial charge < -0.3 is 9.64 Å². The first-order valence-corrected chi connectivity index (χ1v) is 12.8. The second-order valence-electron chi connectivity index (χ2n) is 7.97. The number of thiazole rings is 1. The number of ether oxygens (including phenoxy) is 1. The number of hydrogen-bond acceptors (Lipinski definition) is 7. The Labute approximate surface area is 205 Å². The molecule has 0 saturated carbocycles. The quantitative estimate of drug-likeness (QED) is 0.430. The van der Waals surface area contributed by atoms with Crippen molar-refractivity contribution >= 4 is 54.8 Å². The Morgan fingerprint density at radius 3 is 2.24 bits per heavy atom. The van der Waals surface area contributed by atoms with Gasteiger partial charge in [0.25, 0.3) is 0 Å². The lowest BCUT2D eigenvalue weighted by Crippen LogP contribution is -2.37. The van der Waals surface area contributed by atoms with Crippen LogP contribution in [0.4, 0.5) is 5.13 Å². The van der Waals surface area contributed by atoms with Gasteiger partial charge in [0.05, 0.1) is 28.0 Å². The largest absolute Gasteiger partial charge is 0.497 e. The molecule has 0 aliphatic carbocycles. The van der Waals surface area contributed by atoms with Crippen molar-refractivity contribution < 1.29 is 17.9 Å². The molecule has 2 aromatic carbocycles. The minimum Gasteiger partial charge on any atom is -0.497 e. The molecule has 1 amide bonds. The molecule has 180 valence electrons. The Morgan fingerprint density at radius 1 is 1.03 bits per heavy atom. The summed E-state index contributed by atoms with van der Waals surface area (Å²) in [5.41, 5.74) is 3.05. The number of rotatable bonds is 9. The third-order valence-electron chi connectivity index (χ3n) is 5.24. The fourth-order valence-corrected chi connectivity index (χ4v) is 5.63. The summed E-state index contributed by atoms with van der Waals surface area (Å²) in [4.78, 5) is 21.7. The van der Waals surface area contributed by atoms with Gasteiger partial charge in [0.2, 0.25) is 5.91 Å². The van der Waals surface area contributed by atoms with Gasteiger partial charge in [0.15, 0.2) is 15.0 Å². The molecule has 0 aliphatic rings. The summed E-state index contributed by atoms with van der Waals surface area (Å²) in [6.45, 7) is 5.10. The van der Waals surface area contributed by atoms with E-state index in [9.17, 15) is 13.2 Å². The molecule has 3 rings (SSSR count). The van der Waals surface area contributed by atoms with E-state index in [4.69, 9.17) is 9.72 Å². The summed E-state index contributed by atoms with van der Waals surface area (Å²) in [5, 5.41) is 0.603. The molecule has 0 unspecified atom stereocenters. The molecule has 33 heavy (non-hydrogen) atoms. The van der Waals surface area contributed by atoms with E-state index in [2.05, 4.69) is 0 Å². The van der Waals surface area contributed by atoms with Crippen LogP contribution in [0, 0.1) is 13.8 Å². The van der Waals surface area contributed by atoms with Gasteiger partial charge in [-0.15, -0.1) is 12.4 Å². The summed E-state index contributed by atoms with van der Waals surface area (Å²) < 4.78 is 31.7. The molecular formula is C23H30ClN3O4S2. The molecule has 1 heterocycles. The fourth-order valence-electron chi connectivity index (χ4n) is 3.25. The number of benzene rings is 2. The van der Waals surface area contributed by atoms with Crippen molar-refractivity contribution in [3.8, 4) is 5.75 Å². The molecule has 0 radical (unpaired) electrons. The van der Waals surface area contributed by atoms with Crippen molar-refractivity contribution in [3.63, 3.8) is 0 Å². The summed E-state index contributed by atoms with van der Waals surface area (Å²) >= 11 is 1.47. The van der Waals surface area contributed by atoms with Crippen molar-refractivity contribution in [2.45, 2.75) is 25.2 Å². The maximum absolute atomic E-state index is 13.2. The Kier molecular flexibility index (Phi) is 9.25. The second kappa shape index (κ2) is 11.3. The van der Waals surface area contributed by atoms with Crippen molar-refractivity contribution in [3.05, 3.63) is 47.5 Å². The SMILES string of the molecule is COc1ccc(S(=O)(=O)CCC(=O)N(CCN(C)C)c2nc3c(C)ccc(C)c3s2)cc1.Cl. The summed E-state index contributed by atoms with van der Waals surface area (Å²) in [7, 11) is 1.80. The third-order valence-corrected chi connectivity index (χ3v) is 8.18. The number of carbonyl (C=O) groups is 1. The van der Waals surface area contributed by atoms with E-state index in [0.717, 1.165) is 21.3 Å². The van der Waals surface area contributed by atoms with Gasteiger partial charge in [-0.2, -0.15) is 0 Å². The molecule has 0 fully saturated rings. The van der Waals surface area contributed by atoms with Gasteiger partial charge in [-0.3, -0.25) is 9.69 Å². The second-order valence-corrected chi connectivity index (χ2v) is 11.1. The highest BCUT2D eigenvalue weighted by Gasteiger charge is 2.24. The minimum absolute atomic E-state index is 0. The van der Waals surface area contributed by atoms with Crippen LogP contribution in [0.3, 0.4) is 0 Å². The first-order chi connectivity index (χ1) is 15.1. The number of hydrogen-bond donors (Lipinski definition) is 0. The Hall–Kier alpha value is -2.20. The number of likely N-dealkylation sites (N-methyl/N-ethyl adjacent to an activating group) is 1. The highest BCUT2D eigenvalue weighted by atomic mass is 35.5. The smallest absolute Gasteiger partial charge is 0.229 e. The Bertz CT molecular complexity index is 1170. The zero-order valence-electron chi connectivity index (χ0n) is 19.5. The molecule has 3 aromatic rings. The Balaban J connectivity index is 0.00000385. The molecule has 0 saturated heterocycles. The number of aromatic nitrogens is 1. The molecule has 0 bridgehead atoms. The number of fused-ring (bicyclic) bond motifs is 1. The number of anilines is 1. The molecule has 1 aromatic heterocycles. The number of nitrogens with zero attached hydrogens (tertiary/aromatic N) is 3. The maximum atomic E-state index is 13.2. The lowest BCUT2D eigenvalue weighted by molar-refractivity contribution is -0.118. The van der Waals surface area contributed by atoms with Crippen LogP contribution < -0.4 is 9.64 Å². The molecule has 10 heteroatoms. The van der Waals surface area contributed by atoms with Crippen LogP contribution in [0.2, 0.25) is 0 Å². The lowest BCUT2D eigenvalue weighted by atomic mass is 10.1. The number of amides is 1. The average Bonchev–Trinajstić information content (AvgIpc) is 3.21. The lowest BCUT2D eigenvalue weighted by Gasteiger charge is -2.22. The van der Waals surface area contributed by atoms with Gasteiger partial charge in [0.1, 0.15) is 5.75 Å². The van der Waals surface area contributed by atoms with Gasteiger partial charge >= 0.3 is 0 Å². The highest BCUT2D eigenvalue weighted by Crippen LogP contribution is 2.33. The van der Waals surface area contributed by atoms with Gasteiger partial charge in [0, 0.05) is 19.5 Å². The summed E-state index contributed by atoms with van der Waals surface area (Å²) in [6, 6.07) is 10.3. The van der Waals surface area contributed by atoms with Crippen molar-refractivity contribution in [1.29, 1.82) is 0 Å². The van der Waals surface area contributed by atoms with E-state index in [1.807, 2.05) is 45.0 Å². The monoisotopic (exact) mass is 511 g/mol. The van der Waals surface area contributed by atoms with Crippen molar-refractivity contribution in [1.82, 2.24) is 9.88 Å². The molecule has 0 aliphatic heterocycles. The van der Waals surface area contributed by atoms with Crippen molar-refractivity contribution in [2.75, 3.05) is 44.9 Å². The van der Waals surface area contributed by atoms with Gasteiger partial charge in [-0.05, 0) is 63.3 Å². The van der Waals surface area contributed by atoms with E-state index < -0.39 is 9.84 Å². The normalized spacial score (nSPS) is 11.5. The predicted octanol–water partition coefficient (Wildman–Crippen LogP) is 4.10. The number of sulfone groups is 1. The molecular weight excluding hydrogens is 482 g/mol. The zero-order chi connectivity index (χ0) is 23.5. The molecule has 0 spiro atoms. The number of methoxy groups -OCH3 is 1. The standard InChI is InChI=1S/C23H29N3O4S2.ClH/c1-16-6-7-17(2)22-21(16)24-23(31-22)26(14-13-25(3)4)20(27)12-15-32(28,29)19-10-8-18(30-5)9-11-19;/h6-11H,12-15H2,1-5H3;1H. The topological polar surface area (TPSA) is 79.8 Å². The minimum atomic E-state index is -3.60. The van der Waals surface area contributed by atoms with Crippen LogP contribution in [-0.2, 0) is 14.6 Å². The maximum Gasteiger partial charge on any atom is 0.229 e. The third kappa shape index (κ3) is 6.44. The first-order valence-electron chi connectivity index (χ1n) is 10.3.